The second-order valence-corrected chi connectivity index (χ2v) is 7.65. The van der Waals surface area contributed by atoms with E-state index in [9.17, 15) is 8.78 Å². The van der Waals surface area contributed by atoms with Crippen LogP contribution in [0.3, 0.4) is 0 Å². The molecule has 0 bridgehead atoms. The molecule has 1 unspecified atom stereocenters. The van der Waals surface area contributed by atoms with Crippen molar-refractivity contribution >= 4 is 16.9 Å². The van der Waals surface area contributed by atoms with Crippen LogP contribution < -0.4 is 5.73 Å². The minimum atomic E-state index is -0.935. The van der Waals surface area contributed by atoms with Crippen LogP contribution in [0.25, 0.3) is 0 Å². The highest BCUT2D eigenvalue weighted by molar-refractivity contribution is 8.13. The highest BCUT2D eigenvalue weighted by Crippen LogP contribution is 2.49. The van der Waals surface area contributed by atoms with Crippen molar-refractivity contribution in [1.82, 2.24) is 9.97 Å². The Morgan fingerprint density at radius 2 is 2.04 bits per heavy atom. The standard InChI is InChI=1S/C18H18F2N4OS/c1-10-22-6-11(7-23-10)16-4-12-8-26-17(21)24-18(12,9-25-16)14-3-2-13(19)5-15(14)20/h2-3,5-7,12,16H,4,8-9H2,1H3,(H2,21,24)/t12?,16-,18+/m1/s1. The summed E-state index contributed by atoms with van der Waals surface area (Å²) in [5.41, 5.74) is 6.22. The van der Waals surface area contributed by atoms with Crippen LogP contribution in [0.5, 0.6) is 0 Å². The smallest absolute Gasteiger partial charge is 0.154 e. The third-order valence-electron chi connectivity index (χ3n) is 4.99. The van der Waals surface area contributed by atoms with E-state index in [4.69, 9.17) is 10.5 Å². The van der Waals surface area contributed by atoms with Crippen molar-refractivity contribution < 1.29 is 13.5 Å². The lowest BCUT2D eigenvalue weighted by molar-refractivity contribution is -0.0590. The van der Waals surface area contributed by atoms with Crippen LogP contribution in [0.2, 0.25) is 0 Å². The number of hydrogen-bond acceptors (Lipinski definition) is 6. The lowest BCUT2D eigenvalue weighted by Crippen LogP contribution is -2.48. The first-order valence-electron chi connectivity index (χ1n) is 8.32. The van der Waals surface area contributed by atoms with Crippen molar-refractivity contribution in [3.63, 3.8) is 0 Å². The summed E-state index contributed by atoms with van der Waals surface area (Å²) in [4.78, 5) is 13.0. The maximum Gasteiger partial charge on any atom is 0.154 e. The van der Waals surface area contributed by atoms with Gasteiger partial charge < -0.3 is 10.5 Å². The predicted molar refractivity (Wildman–Crippen MR) is 95.7 cm³/mol. The largest absolute Gasteiger partial charge is 0.379 e. The highest BCUT2D eigenvalue weighted by Gasteiger charge is 2.49. The van der Waals surface area contributed by atoms with Gasteiger partial charge in [-0.2, -0.15) is 0 Å². The maximum absolute atomic E-state index is 14.6. The van der Waals surface area contributed by atoms with E-state index < -0.39 is 17.2 Å². The monoisotopic (exact) mass is 376 g/mol. The zero-order valence-corrected chi connectivity index (χ0v) is 15.0. The lowest BCUT2D eigenvalue weighted by Gasteiger charge is -2.46. The molecule has 3 atom stereocenters. The van der Waals surface area contributed by atoms with Gasteiger partial charge in [0.15, 0.2) is 5.17 Å². The van der Waals surface area contributed by atoms with E-state index in [1.165, 1.54) is 23.9 Å². The first kappa shape index (κ1) is 17.4. The summed E-state index contributed by atoms with van der Waals surface area (Å²) < 4.78 is 34.0. The molecule has 3 heterocycles. The van der Waals surface area contributed by atoms with Gasteiger partial charge in [-0.3, -0.25) is 0 Å². The molecule has 0 radical (unpaired) electrons. The molecule has 2 aliphatic heterocycles. The average molecular weight is 376 g/mol. The molecule has 2 N–H and O–H groups in total. The van der Waals surface area contributed by atoms with Crippen LogP contribution in [-0.2, 0) is 10.3 Å². The summed E-state index contributed by atoms with van der Waals surface area (Å²) in [7, 11) is 0. The fourth-order valence-electron chi connectivity index (χ4n) is 3.61. The van der Waals surface area contributed by atoms with E-state index in [2.05, 4.69) is 15.0 Å². The predicted octanol–water partition coefficient (Wildman–Crippen LogP) is 3.10. The Balaban J connectivity index is 1.71. The molecule has 0 amide bonds. The van der Waals surface area contributed by atoms with Crippen molar-refractivity contribution in [2.45, 2.75) is 25.0 Å². The van der Waals surface area contributed by atoms with Crippen molar-refractivity contribution in [1.29, 1.82) is 0 Å². The van der Waals surface area contributed by atoms with Crippen LogP contribution in [0, 0.1) is 24.5 Å². The number of amidine groups is 1. The number of aromatic nitrogens is 2. The zero-order chi connectivity index (χ0) is 18.3. The van der Waals surface area contributed by atoms with E-state index in [0.717, 1.165) is 11.6 Å². The number of fused-ring (bicyclic) bond motifs is 1. The third-order valence-corrected chi connectivity index (χ3v) is 5.95. The molecule has 0 spiro atoms. The minimum Gasteiger partial charge on any atom is -0.379 e. The molecule has 0 aliphatic carbocycles. The Morgan fingerprint density at radius 3 is 2.77 bits per heavy atom. The van der Waals surface area contributed by atoms with E-state index >= 15 is 0 Å². The number of aryl methyl sites for hydroxylation is 1. The number of ether oxygens (including phenoxy) is 1. The van der Waals surface area contributed by atoms with E-state index in [1.54, 1.807) is 12.4 Å². The summed E-state index contributed by atoms with van der Waals surface area (Å²) in [6, 6.07) is 3.58. The van der Waals surface area contributed by atoms with Gasteiger partial charge in [-0.05, 0) is 19.4 Å². The summed E-state index contributed by atoms with van der Waals surface area (Å²) >= 11 is 1.45. The first-order chi connectivity index (χ1) is 12.5. The maximum atomic E-state index is 14.6. The molecular weight excluding hydrogens is 358 g/mol. The topological polar surface area (TPSA) is 73.4 Å². The number of nitrogens with two attached hydrogens (primary N) is 1. The van der Waals surface area contributed by atoms with E-state index in [-0.39, 0.29) is 18.6 Å². The number of hydrogen-bond donors (Lipinski definition) is 1. The van der Waals surface area contributed by atoms with Gasteiger partial charge in [0, 0.05) is 41.3 Å². The zero-order valence-electron chi connectivity index (χ0n) is 14.2. The summed E-state index contributed by atoms with van der Waals surface area (Å²) in [6.45, 7) is 1.99. The molecule has 0 saturated carbocycles. The molecule has 8 heteroatoms. The van der Waals surface area contributed by atoms with Crippen LogP contribution in [0.15, 0.2) is 35.6 Å². The van der Waals surface area contributed by atoms with Gasteiger partial charge in [-0.15, -0.1) is 0 Å². The number of thioether (sulfide) groups is 1. The SMILES string of the molecule is Cc1ncc([C@H]2CC3CSC(N)=N[C@@]3(c3ccc(F)cc3F)CO2)cn1. The molecule has 26 heavy (non-hydrogen) atoms. The van der Waals surface area contributed by atoms with Gasteiger partial charge in [-0.25, -0.2) is 23.7 Å². The van der Waals surface area contributed by atoms with Gasteiger partial charge >= 0.3 is 0 Å². The quantitative estimate of drug-likeness (QED) is 0.872. The number of benzene rings is 1. The van der Waals surface area contributed by atoms with Crippen molar-refractivity contribution in [3.05, 3.63) is 59.2 Å². The number of rotatable bonds is 2. The Bertz CT molecular complexity index is 861. The van der Waals surface area contributed by atoms with Gasteiger partial charge in [0.05, 0.1) is 12.7 Å². The fraction of sp³-hybridized carbons (Fsp3) is 0.389. The molecule has 1 saturated heterocycles. The van der Waals surface area contributed by atoms with Crippen LogP contribution in [-0.4, -0.2) is 27.5 Å². The first-order valence-corrected chi connectivity index (χ1v) is 9.30. The summed E-state index contributed by atoms with van der Waals surface area (Å²) in [6.07, 6.45) is 3.96. The van der Waals surface area contributed by atoms with Crippen molar-refractivity contribution in [3.8, 4) is 0 Å². The van der Waals surface area contributed by atoms with Crippen molar-refractivity contribution in [2.24, 2.45) is 16.6 Å². The second kappa shape index (κ2) is 6.59. The molecule has 1 aromatic heterocycles. The molecule has 1 fully saturated rings. The molecule has 2 aromatic rings. The molecule has 2 aliphatic rings. The fourth-order valence-corrected chi connectivity index (χ4v) is 4.62. The van der Waals surface area contributed by atoms with Gasteiger partial charge in [0.2, 0.25) is 0 Å². The molecule has 136 valence electrons. The summed E-state index contributed by atoms with van der Waals surface area (Å²) in [5, 5.41) is 0.394. The molecule has 4 rings (SSSR count). The van der Waals surface area contributed by atoms with Crippen LogP contribution >= 0.6 is 11.8 Å². The van der Waals surface area contributed by atoms with Gasteiger partial charge in [0.25, 0.3) is 0 Å². The Kier molecular flexibility index (Phi) is 4.40. The van der Waals surface area contributed by atoms with Crippen LogP contribution in [0.4, 0.5) is 8.78 Å². The van der Waals surface area contributed by atoms with Crippen molar-refractivity contribution in [2.75, 3.05) is 12.4 Å². The van der Waals surface area contributed by atoms with E-state index in [1.807, 2.05) is 6.92 Å². The average Bonchev–Trinajstić information content (AvgIpc) is 2.61. The lowest BCUT2D eigenvalue weighted by atomic mass is 9.74. The minimum absolute atomic E-state index is 0.000172. The number of aliphatic imine (C=N–C) groups is 1. The second-order valence-electron chi connectivity index (χ2n) is 6.61. The van der Waals surface area contributed by atoms with Gasteiger partial charge in [-0.1, -0.05) is 17.8 Å². The normalized spacial score (nSPS) is 28.3. The Morgan fingerprint density at radius 1 is 1.27 bits per heavy atom. The third kappa shape index (κ3) is 2.97. The molecule has 1 aromatic carbocycles. The van der Waals surface area contributed by atoms with Gasteiger partial charge in [0.1, 0.15) is 23.0 Å². The Hall–Kier alpha value is -2.06. The molecular formula is C18H18F2N4OS. The number of halogens is 2. The van der Waals surface area contributed by atoms with E-state index in [0.29, 0.717) is 28.7 Å². The van der Waals surface area contributed by atoms with Crippen LogP contribution in [0.1, 0.15) is 29.5 Å². The highest BCUT2D eigenvalue weighted by atomic mass is 32.2. The number of nitrogens with zero attached hydrogens (tertiary/aromatic N) is 3. The Labute approximate surface area is 154 Å². The summed E-state index contributed by atoms with van der Waals surface area (Å²) in [5.74, 6) is 0.142. The molecule has 5 nitrogen and oxygen atoms in total.